The van der Waals surface area contributed by atoms with Gasteiger partial charge >= 0.3 is 0 Å². The van der Waals surface area contributed by atoms with E-state index in [-0.39, 0.29) is 12.4 Å². The Hall–Kier alpha value is -1.92. The molecule has 1 aliphatic rings. The average molecular weight is 417 g/mol. The highest BCUT2D eigenvalue weighted by molar-refractivity contribution is 6.30. The molecule has 0 saturated carbocycles. The smallest absolute Gasteiger partial charge is 0.162 e. The maximum atomic E-state index is 11.7. The highest BCUT2D eigenvalue weighted by Gasteiger charge is 2.19. The molecule has 6 heteroatoms. The van der Waals surface area contributed by atoms with E-state index in [0.29, 0.717) is 24.3 Å². The van der Waals surface area contributed by atoms with Crippen molar-refractivity contribution in [2.24, 2.45) is 0 Å². The SMILES string of the molecule is CCC(=O)c1ccc(OC[C@@H](O)CN2CCN(Cc3ccc(Cl)cc3)CC2)cc1. The highest BCUT2D eigenvalue weighted by atomic mass is 35.5. The number of rotatable bonds is 9. The normalized spacial score (nSPS) is 16.5. The molecule has 1 heterocycles. The minimum atomic E-state index is -0.547. The monoisotopic (exact) mass is 416 g/mol. The van der Waals surface area contributed by atoms with E-state index in [1.165, 1.54) is 5.56 Å². The lowest BCUT2D eigenvalue weighted by atomic mass is 10.1. The first-order valence-corrected chi connectivity index (χ1v) is 10.5. The Bertz CT molecular complexity index is 772. The van der Waals surface area contributed by atoms with Crippen molar-refractivity contribution in [1.29, 1.82) is 0 Å². The predicted octanol–water partition coefficient (Wildman–Crippen LogP) is 3.49. The second kappa shape index (κ2) is 10.7. The van der Waals surface area contributed by atoms with Gasteiger partial charge in [0.25, 0.3) is 0 Å². The number of piperazine rings is 1. The Kier molecular flexibility index (Phi) is 8.07. The summed E-state index contributed by atoms with van der Waals surface area (Å²) in [5, 5.41) is 11.1. The first-order valence-electron chi connectivity index (χ1n) is 10.2. The Labute approximate surface area is 177 Å². The van der Waals surface area contributed by atoms with Crippen LogP contribution in [0.1, 0.15) is 29.3 Å². The largest absolute Gasteiger partial charge is 0.491 e. The lowest BCUT2D eigenvalue weighted by Crippen LogP contribution is -2.48. The summed E-state index contributed by atoms with van der Waals surface area (Å²) in [6, 6.07) is 15.1. The molecule has 2 aromatic rings. The van der Waals surface area contributed by atoms with E-state index in [9.17, 15) is 9.90 Å². The zero-order valence-electron chi connectivity index (χ0n) is 16.9. The van der Waals surface area contributed by atoms with Crippen molar-refractivity contribution in [3.8, 4) is 5.75 Å². The van der Waals surface area contributed by atoms with Crippen LogP contribution in [-0.4, -0.2) is 66.1 Å². The molecular weight excluding hydrogens is 388 g/mol. The third-order valence-electron chi connectivity index (χ3n) is 5.19. The van der Waals surface area contributed by atoms with Crippen molar-refractivity contribution in [2.75, 3.05) is 39.3 Å². The molecule has 0 unspecified atom stereocenters. The van der Waals surface area contributed by atoms with Crippen LogP contribution >= 0.6 is 11.6 Å². The number of halogens is 1. The van der Waals surface area contributed by atoms with Gasteiger partial charge in [0, 0.05) is 56.3 Å². The minimum absolute atomic E-state index is 0.117. The third kappa shape index (κ3) is 6.82. The van der Waals surface area contributed by atoms with Crippen molar-refractivity contribution in [3.05, 3.63) is 64.7 Å². The third-order valence-corrected chi connectivity index (χ3v) is 5.45. The van der Waals surface area contributed by atoms with Gasteiger partial charge in [-0.2, -0.15) is 0 Å². The maximum Gasteiger partial charge on any atom is 0.162 e. The van der Waals surface area contributed by atoms with Crippen LogP contribution in [0.25, 0.3) is 0 Å². The van der Waals surface area contributed by atoms with Gasteiger partial charge in [0.05, 0.1) is 0 Å². The topological polar surface area (TPSA) is 53.0 Å². The van der Waals surface area contributed by atoms with Crippen molar-refractivity contribution < 1.29 is 14.6 Å². The lowest BCUT2D eigenvalue weighted by molar-refractivity contribution is 0.0446. The molecule has 5 nitrogen and oxygen atoms in total. The summed E-state index contributed by atoms with van der Waals surface area (Å²) >= 11 is 5.94. The minimum Gasteiger partial charge on any atom is -0.491 e. The van der Waals surface area contributed by atoms with Crippen molar-refractivity contribution in [2.45, 2.75) is 26.0 Å². The van der Waals surface area contributed by atoms with Gasteiger partial charge in [-0.1, -0.05) is 30.7 Å². The number of carbonyl (C=O) groups is 1. The van der Waals surface area contributed by atoms with E-state index in [1.54, 1.807) is 24.3 Å². The van der Waals surface area contributed by atoms with E-state index < -0.39 is 6.10 Å². The zero-order chi connectivity index (χ0) is 20.6. The molecule has 1 atom stereocenters. The van der Waals surface area contributed by atoms with Gasteiger partial charge in [-0.15, -0.1) is 0 Å². The first kappa shape index (κ1) is 21.8. The number of nitrogens with zero attached hydrogens (tertiary/aromatic N) is 2. The van der Waals surface area contributed by atoms with E-state index in [0.717, 1.165) is 37.7 Å². The molecule has 0 bridgehead atoms. The number of aliphatic hydroxyl groups is 1. The summed E-state index contributed by atoms with van der Waals surface area (Å²) in [7, 11) is 0. The van der Waals surface area contributed by atoms with Crippen molar-refractivity contribution in [1.82, 2.24) is 9.80 Å². The van der Waals surface area contributed by atoms with Crippen LogP contribution in [0.15, 0.2) is 48.5 Å². The summed E-state index contributed by atoms with van der Waals surface area (Å²) in [6.45, 7) is 7.42. The maximum absolute atomic E-state index is 11.7. The Balaban J connectivity index is 1.36. The van der Waals surface area contributed by atoms with E-state index in [1.807, 2.05) is 19.1 Å². The molecule has 1 aliphatic heterocycles. The van der Waals surface area contributed by atoms with E-state index in [4.69, 9.17) is 16.3 Å². The zero-order valence-corrected chi connectivity index (χ0v) is 17.6. The molecule has 0 radical (unpaired) electrons. The summed E-state index contributed by atoms with van der Waals surface area (Å²) < 4.78 is 5.68. The number of Topliss-reactive ketones (excluding diaryl/α,β-unsaturated/α-hetero) is 1. The fourth-order valence-corrected chi connectivity index (χ4v) is 3.59. The van der Waals surface area contributed by atoms with Crippen LogP contribution in [0.3, 0.4) is 0 Å². The number of β-amino-alcohol motifs (C(OH)–C–C–N with tert-alkyl or cyclic N) is 1. The van der Waals surface area contributed by atoms with Crippen LogP contribution in [0.4, 0.5) is 0 Å². The molecule has 1 N–H and O–H groups in total. The number of ether oxygens (including phenoxy) is 1. The highest BCUT2D eigenvalue weighted by Crippen LogP contribution is 2.15. The number of hydrogen-bond acceptors (Lipinski definition) is 5. The molecule has 1 fully saturated rings. The summed E-state index contributed by atoms with van der Waals surface area (Å²) in [6.07, 6.45) is -0.0546. The van der Waals surface area contributed by atoms with Gasteiger partial charge in [-0.25, -0.2) is 0 Å². The summed E-state index contributed by atoms with van der Waals surface area (Å²) in [4.78, 5) is 16.3. The standard InChI is InChI=1S/C23H29ClN2O3/c1-2-23(28)19-5-9-22(10-6-19)29-17-21(27)16-26-13-11-25(12-14-26)15-18-3-7-20(24)8-4-18/h3-10,21,27H,2,11-17H2,1H3/t21-/m0/s1. The summed E-state index contributed by atoms with van der Waals surface area (Å²) in [5.41, 5.74) is 1.96. The van der Waals surface area contributed by atoms with Crippen molar-refractivity contribution >= 4 is 17.4 Å². The number of carbonyl (C=O) groups excluding carboxylic acids is 1. The molecule has 0 aromatic heterocycles. The Morgan fingerprint density at radius 1 is 1.03 bits per heavy atom. The Morgan fingerprint density at radius 3 is 2.28 bits per heavy atom. The molecule has 156 valence electrons. The van der Waals surface area contributed by atoms with Gasteiger partial charge in [-0.05, 0) is 42.0 Å². The predicted molar refractivity (Wildman–Crippen MR) is 116 cm³/mol. The number of ketones is 1. The van der Waals surface area contributed by atoms with Gasteiger partial charge in [0.1, 0.15) is 18.5 Å². The molecule has 3 rings (SSSR count). The average Bonchev–Trinajstić information content (AvgIpc) is 2.75. The van der Waals surface area contributed by atoms with Gasteiger partial charge in [-0.3, -0.25) is 14.6 Å². The molecule has 29 heavy (non-hydrogen) atoms. The molecule has 0 spiro atoms. The number of aliphatic hydroxyl groups excluding tert-OH is 1. The van der Waals surface area contributed by atoms with Crippen LogP contribution in [0.2, 0.25) is 5.02 Å². The van der Waals surface area contributed by atoms with Crippen LogP contribution < -0.4 is 4.74 Å². The fraction of sp³-hybridized carbons (Fsp3) is 0.435. The molecule has 0 aliphatic carbocycles. The molecular formula is C23H29ClN2O3. The van der Waals surface area contributed by atoms with Gasteiger partial charge < -0.3 is 9.84 Å². The second-order valence-electron chi connectivity index (χ2n) is 7.47. The van der Waals surface area contributed by atoms with Crippen LogP contribution in [0, 0.1) is 0 Å². The lowest BCUT2D eigenvalue weighted by Gasteiger charge is -2.35. The molecule has 1 saturated heterocycles. The van der Waals surface area contributed by atoms with Gasteiger partial charge in [0.15, 0.2) is 5.78 Å². The van der Waals surface area contributed by atoms with Crippen LogP contribution in [0.5, 0.6) is 5.75 Å². The van der Waals surface area contributed by atoms with Gasteiger partial charge in [0.2, 0.25) is 0 Å². The van der Waals surface area contributed by atoms with Crippen LogP contribution in [-0.2, 0) is 6.54 Å². The number of benzene rings is 2. The molecule has 0 amide bonds. The quantitative estimate of drug-likeness (QED) is 0.634. The van der Waals surface area contributed by atoms with E-state index in [2.05, 4.69) is 21.9 Å². The molecule has 2 aromatic carbocycles. The fourth-order valence-electron chi connectivity index (χ4n) is 3.46. The number of hydrogen-bond donors (Lipinski definition) is 1. The summed E-state index contributed by atoms with van der Waals surface area (Å²) in [5.74, 6) is 0.788. The van der Waals surface area contributed by atoms with Crippen molar-refractivity contribution in [3.63, 3.8) is 0 Å². The first-order chi connectivity index (χ1) is 14.0. The van der Waals surface area contributed by atoms with E-state index >= 15 is 0 Å². The second-order valence-corrected chi connectivity index (χ2v) is 7.91. The Morgan fingerprint density at radius 2 is 1.66 bits per heavy atom.